The van der Waals surface area contributed by atoms with Crippen LogP contribution >= 0.6 is 0 Å². The summed E-state index contributed by atoms with van der Waals surface area (Å²) in [5.74, 6) is 1.37. The van der Waals surface area contributed by atoms with E-state index in [2.05, 4.69) is 10.6 Å². The summed E-state index contributed by atoms with van der Waals surface area (Å²) in [5, 5.41) is 5.73. The average Bonchev–Trinajstić information content (AvgIpc) is 3.55. The van der Waals surface area contributed by atoms with E-state index in [9.17, 15) is 9.59 Å². The van der Waals surface area contributed by atoms with E-state index in [-0.39, 0.29) is 17.7 Å². The van der Waals surface area contributed by atoms with E-state index in [1.54, 1.807) is 36.4 Å². The molecule has 5 nitrogen and oxygen atoms in total. The van der Waals surface area contributed by atoms with Gasteiger partial charge in [-0.3, -0.25) is 9.59 Å². The fourth-order valence-electron chi connectivity index (χ4n) is 2.95. The molecule has 1 aliphatic carbocycles. The summed E-state index contributed by atoms with van der Waals surface area (Å²) in [6, 6.07) is 22.0. The van der Waals surface area contributed by atoms with Crippen LogP contribution in [-0.4, -0.2) is 11.8 Å². The summed E-state index contributed by atoms with van der Waals surface area (Å²) in [6.07, 6.45) is 1.88. The maximum atomic E-state index is 12.6. The Hall–Kier alpha value is -3.60. The van der Waals surface area contributed by atoms with Crippen molar-refractivity contribution in [2.24, 2.45) is 5.92 Å². The van der Waals surface area contributed by atoms with Gasteiger partial charge in [-0.2, -0.15) is 0 Å². The zero-order chi connectivity index (χ0) is 20.2. The Labute approximate surface area is 169 Å². The third-order valence-electron chi connectivity index (χ3n) is 4.68. The molecular weight excluding hydrogens is 364 g/mol. The van der Waals surface area contributed by atoms with Crippen LogP contribution in [0.15, 0.2) is 72.8 Å². The van der Waals surface area contributed by atoms with Crippen LogP contribution in [0.3, 0.4) is 0 Å². The Balaban J connectivity index is 1.38. The SMILES string of the molecule is Cc1cccc(Oc2ccc(NC(=O)c3cccc(NC(=O)C4CC4)c3)cc2)c1. The fourth-order valence-corrected chi connectivity index (χ4v) is 2.95. The fraction of sp³-hybridized carbons (Fsp3) is 0.167. The molecule has 0 aromatic heterocycles. The lowest BCUT2D eigenvalue weighted by Gasteiger charge is -2.10. The Bertz CT molecular complexity index is 1040. The van der Waals surface area contributed by atoms with Crippen molar-refractivity contribution in [1.82, 2.24) is 0 Å². The minimum atomic E-state index is -0.236. The third kappa shape index (κ3) is 5.02. The van der Waals surface area contributed by atoms with Gasteiger partial charge in [0, 0.05) is 22.9 Å². The molecule has 0 saturated heterocycles. The maximum absolute atomic E-state index is 12.6. The molecule has 0 atom stereocenters. The molecule has 0 radical (unpaired) electrons. The van der Waals surface area contributed by atoms with Gasteiger partial charge in [0.1, 0.15) is 11.5 Å². The summed E-state index contributed by atoms with van der Waals surface area (Å²) >= 11 is 0. The van der Waals surface area contributed by atoms with E-state index < -0.39 is 0 Å². The minimum absolute atomic E-state index is 0.0201. The molecule has 3 aromatic carbocycles. The number of nitrogens with one attached hydrogen (secondary N) is 2. The molecule has 0 bridgehead atoms. The van der Waals surface area contributed by atoms with Crippen LogP contribution in [0, 0.1) is 12.8 Å². The molecule has 0 heterocycles. The van der Waals surface area contributed by atoms with E-state index in [1.165, 1.54) is 0 Å². The van der Waals surface area contributed by atoms with Gasteiger partial charge in [0.2, 0.25) is 5.91 Å². The minimum Gasteiger partial charge on any atom is -0.457 e. The molecule has 2 amide bonds. The number of amides is 2. The molecule has 1 fully saturated rings. The van der Waals surface area contributed by atoms with E-state index in [1.807, 2.05) is 43.3 Å². The number of carbonyl (C=O) groups is 2. The zero-order valence-corrected chi connectivity index (χ0v) is 16.1. The van der Waals surface area contributed by atoms with Crippen LogP contribution in [0.25, 0.3) is 0 Å². The number of rotatable bonds is 6. The summed E-state index contributed by atoms with van der Waals surface area (Å²) in [7, 11) is 0. The Morgan fingerprint density at radius 2 is 1.59 bits per heavy atom. The normalized spacial score (nSPS) is 12.9. The Morgan fingerprint density at radius 3 is 2.31 bits per heavy atom. The first-order valence-electron chi connectivity index (χ1n) is 9.64. The number of hydrogen-bond donors (Lipinski definition) is 2. The van der Waals surface area contributed by atoms with Crippen molar-refractivity contribution in [1.29, 1.82) is 0 Å². The standard InChI is InChI=1S/C24H22N2O3/c1-16-4-2-7-22(14-16)29-21-12-10-19(11-13-21)25-24(28)18-5-3-6-20(15-18)26-23(27)17-8-9-17/h2-7,10-15,17H,8-9H2,1H3,(H,25,28)(H,26,27). The van der Waals surface area contributed by atoms with Crippen molar-refractivity contribution < 1.29 is 14.3 Å². The Kier molecular flexibility index (Phi) is 5.29. The highest BCUT2D eigenvalue weighted by atomic mass is 16.5. The van der Waals surface area contributed by atoms with Crippen LogP contribution in [0.2, 0.25) is 0 Å². The number of carbonyl (C=O) groups excluding carboxylic acids is 2. The summed E-state index contributed by atoms with van der Waals surface area (Å²) in [4.78, 5) is 24.5. The van der Waals surface area contributed by atoms with E-state index in [4.69, 9.17) is 4.74 Å². The van der Waals surface area contributed by atoms with Gasteiger partial charge < -0.3 is 15.4 Å². The number of anilines is 2. The first-order valence-corrected chi connectivity index (χ1v) is 9.64. The first kappa shape index (κ1) is 18.7. The predicted octanol–water partition coefficient (Wildman–Crippen LogP) is 5.39. The highest BCUT2D eigenvalue weighted by Gasteiger charge is 2.29. The quantitative estimate of drug-likeness (QED) is 0.597. The highest BCUT2D eigenvalue weighted by Crippen LogP contribution is 2.30. The summed E-state index contributed by atoms with van der Waals surface area (Å²) in [5.41, 5.74) is 2.91. The monoisotopic (exact) mass is 386 g/mol. The number of benzene rings is 3. The van der Waals surface area contributed by atoms with Crippen molar-refractivity contribution in [2.45, 2.75) is 19.8 Å². The van der Waals surface area contributed by atoms with Crippen LogP contribution in [0.4, 0.5) is 11.4 Å². The second-order valence-corrected chi connectivity index (χ2v) is 7.24. The molecule has 1 aliphatic rings. The summed E-state index contributed by atoms with van der Waals surface area (Å²) < 4.78 is 5.83. The molecule has 4 rings (SSSR count). The zero-order valence-electron chi connectivity index (χ0n) is 16.1. The van der Waals surface area contributed by atoms with Gasteiger partial charge in [0.25, 0.3) is 5.91 Å². The lowest BCUT2D eigenvalue weighted by Crippen LogP contribution is -2.15. The average molecular weight is 386 g/mol. The number of aryl methyl sites for hydroxylation is 1. The van der Waals surface area contributed by atoms with Gasteiger partial charge in [0.15, 0.2) is 0 Å². The second-order valence-electron chi connectivity index (χ2n) is 7.24. The molecule has 2 N–H and O–H groups in total. The molecule has 3 aromatic rings. The van der Waals surface area contributed by atoms with Gasteiger partial charge >= 0.3 is 0 Å². The van der Waals surface area contributed by atoms with Gasteiger partial charge in [-0.15, -0.1) is 0 Å². The van der Waals surface area contributed by atoms with E-state index in [0.29, 0.717) is 22.7 Å². The van der Waals surface area contributed by atoms with E-state index >= 15 is 0 Å². The van der Waals surface area contributed by atoms with Crippen molar-refractivity contribution in [3.8, 4) is 11.5 Å². The molecule has 0 unspecified atom stereocenters. The predicted molar refractivity (Wildman–Crippen MR) is 113 cm³/mol. The van der Waals surface area contributed by atoms with Crippen LogP contribution in [-0.2, 0) is 4.79 Å². The van der Waals surface area contributed by atoms with Gasteiger partial charge in [-0.25, -0.2) is 0 Å². The van der Waals surface area contributed by atoms with Crippen molar-refractivity contribution in [2.75, 3.05) is 10.6 Å². The molecule has 5 heteroatoms. The van der Waals surface area contributed by atoms with Gasteiger partial charge in [-0.05, 0) is 79.9 Å². The number of ether oxygens (including phenoxy) is 1. The lowest BCUT2D eigenvalue weighted by molar-refractivity contribution is -0.117. The Morgan fingerprint density at radius 1 is 0.828 bits per heavy atom. The van der Waals surface area contributed by atoms with Crippen molar-refractivity contribution in [3.05, 3.63) is 83.9 Å². The molecule has 146 valence electrons. The molecule has 0 aliphatic heterocycles. The topological polar surface area (TPSA) is 67.4 Å². The third-order valence-corrected chi connectivity index (χ3v) is 4.68. The number of hydrogen-bond acceptors (Lipinski definition) is 3. The second kappa shape index (κ2) is 8.19. The highest BCUT2D eigenvalue weighted by molar-refractivity contribution is 6.05. The van der Waals surface area contributed by atoms with Crippen molar-refractivity contribution >= 4 is 23.2 Å². The first-order chi connectivity index (χ1) is 14.1. The lowest BCUT2D eigenvalue weighted by atomic mass is 10.1. The molecule has 29 heavy (non-hydrogen) atoms. The molecule has 1 saturated carbocycles. The van der Waals surface area contributed by atoms with E-state index in [0.717, 1.165) is 24.2 Å². The van der Waals surface area contributed by atoms with Gasteiger partial charge in [-0.1, -0.05) is 18.2 Å². The van der Waals surface area contributed by atoms with Crippen LogP contribution in [0.5, 0.6) is 11.5 Å². The summed E-state index contributed by atoms with van der Waals surface area (Å²) in [6.45, 7) is 2.01. The van der Waals surface area contributed by atoms with Gasteiger partial charge in [0.05, 0.1) is 0 Å². The van der Waals surface area contributed by atoms with Crippen LogP contribution in [0.1, 0.15) is 28.8 Å². The van der Waals surface area contributed by atoms with Crippen LogP contribution < -0.4 is 15.4 Å². The van der Waals surface area contributed by atoms with Crippen molar-refractivity contribution in [3.63, 3.8) is 0 Å². The molecular formula is C24H22N2O3. The smallest absolute Gasteiger partial charge is 0.255 e. The maximum Gasteiger partial charge on any atom is 0.255 e. The molecule has 0 spiro atoms. The largest absolute Gasteiger partial charge is 0.457 e.